The van der Waals surface area contributed by atoms with Gasteiger partial charge < -0.3 is 19.9 Å². The summed E-state index contributed by atoms with van der Waals surface area (Å²) in [5, 5.41) is 3.03. The van der Waals surface area contributed by atoms with E-state index in [0.717, 1.165) is 45.2 Å². The van der Waals surface area contributed by atoms with Gasteiger partial charge >= 0.3 is 0 Å². The number of hydrogen-bond acceptors (Lipinski definition) is 4. The van der Waals surface area contributed by atoms with E-state index in [1.807, 2.05) is 0 Å². The molecule has 0 aromatic carbocycles. The van der Waals surface area contributed by atoms with Crippen LogP contribution in [0.3, 0.4) is 0 Å². The maximum atomic E-state index is 12.0. The molecule has 0 aromatic rings. The van der Waals surface area contributed by atoms with E-state index in [-0.39, 0.29) is 5.91 Å². The van der Waals surface area contributed by atoms with Gasteiger partial charge in [0.2, 0.25) is 0 Å². The molecular weight excluding hydrogens is 254 g/mol. The fourth-order valence-electron chi connectivity index (χ4n) is 2.92. The molecule has 1 saturated heterocycles. The predicted octanol–water partition coefficient (Wildman–Crippen LogP) is 0.699. The van der Waals surface area contributed by atoms with Crippen molar-refractivity contribution in [3.63, 3.8) is 0 Å². The van der Waals surface area contributed by atoms with Gasteiger partial charge in [-0.25, -0.2) is 0 Å². The van der Waals surface area contributed by atoms with Crippen LogP contribution in [0.1, 0.15) is 32.1 Å². The van der Waals surface area contributed by atoms with Crippen molar-refractivity contribution in [2.45, 2.75) is 37.7 Å². The van der Waals surface area contributed by atoms with E-state index in [9.17, 15) is 4.79 Å². The highest BCUT2D eigenvalue weighted by molar-refractivity contribution is 5.86. The molecule has 1 amide bonds. The summed E-state index contributed by atoms with van der Waals surface area (Å²) in [6.45, 7) is 6.63. The van der Waals surface area contributed by atoms with E-state index in [0.29, 0.717) is 0 Å². The standard InChI is InChI=1S/C15H29N3O2/c1-17-10-12-18(13-11-17)9-4-3-8-16-14(19)15(20-2)6-5-7-15/h3-13H2,1-2H3,(H,16,19). The Hall–Kier alpha value is -0.650. The third kappa shape index (κ3) is 3.93. The molecule has 0 radical (unpaired) electrons. The second-order valence-corrected chi connectivity index (χ2v) is 6.16. The molecule has 1 N–H and O–H groups in total. The Morgan fingerprint density at radius 1 is 1.20 bits per heavy atom. The number of ether oxygens (including phenoxy) is 1. The SMILES string of the molecule is COC1(C(=O)NCCCCN2CCN(C)CC2)CCC1. The van der Waals surface area contributed by atoms with Crippen LogP contribution >= 0.6 is 0 Å². The van der Waals surface area contributed by atoms with Crippen LogP contribution in [-0.4, -0.2) is 74.7 Å². The third-order valence-corrected chi connectivity index (χ3v) is 4.75. The Balaban J connectivity index is 1.52. The summed E-state index contributed by atoms with van der Waals surface area (Å²) in [4.78, 5) is 16.9. The van der Waals surface area contributed by atoms with Crippen LogP contribution in [0.5, 0.6) is 0 Å². The monoisotopic (exact) mass is 283 g/mol. The number of methoxy groups -OCH3 is 1. The summed E-state index contributed by atoms with van der Waals surface area (Å²) >= 11 is 0. The van der Waals surface area contributed by atoms with Gasteiger partial charge in [-0.15, -0.1) is 0 Å². The lowest BCUT2D eigenvalue weighted by molar-refractivity contribution is -0.154. The topological polar surface area (TPSA) is 44.8 Å². The van der Waals surface area contributed by atoms with Gasteiger partial charge in [0, 0.05) is 39.8 Å². The minimum absolute atomic E-state index is 0.0887. The Bertz CT molecular complexity index is 305. The van der Waals surface area contributed by atoms with Gasteiger partial charge in [0.05, 0.1) is 0 Å². The van der Waals surface area contributed by atoms with Gasteiger partial charge in [-0.2, -0.15) is 0 Å². The molecule has 116 valence electrons. The zero-order valence-corrected chi connectivity index (χ0v) is 13.0. The highest BCUT2D eigenvalue weighted by Gasteiger charge is 2.44. The molecule has 1 aliphatic heterocycles. The number of hydrogen-bond donors (Lipinski definition) is 1. The smallest absolute Gasteiger partial charge is 0.252 e. The van der Waals surface area contributed by atoms with E-state index in [1.165, 1.54) is 26.2 Å². The Labute approximate surface area is 122 Å². The molecule has 1 aliphatic carbocycles. The average molecular weight is 283 g/mol. The number of nitrogens with one attached hydrogen (secondary N) is 1. The number of amides is 1. The number of rotatable bonds is 7. The van der Waals surface area contributed by atoms with Crippen molar-refractivity contribution in [3.05, 3.63) is 0 Å². The van der Waals surface area contributed by atoms with Gasteiger partial charge in [0.15, 0.2) is 0 Å². The fourth-order valence-corrected chi connectivity index (χ4v) is 2.92. The summed E-state index contributed by atoms with van der Waals surface area (Å²) in [5.41, 5.74) is -0.503. The number of piperazine rings is 1. The minimum atomic E-state index is -0.503. The summed E-state index contributed by atoms with van der Waals surface area (Å²) in [5.74, 6) is 0.0887. The highest BCUT2D eigenvalue weighted by Crippen LogP contribution is 2.35. The van der Waals surface area contributed by atoms with E-state index in [2.05, 4.69) is 22.2 Å². The van der Waals surface area contributed by atoms with Crippen molar-refractivity contribution in [3.8, 4) is 0 Å². The van der Waals surface area contributed by atoms with Gasteiger partial charge in [0.1, 0.15) is 5.60 Å². The number of nitrogens with zero attached hydrogens (tertiary/aromatic N) is 2. The molecule has 0 unspecified atom stereocenters. The van der Waals surface area contributed by atoms with Crippen LogP contribution < -0.4 is 5.32 Å². The largest absolute Gasteiger partial charge is 0.368 e. The van der Waals surface area contributed by atoms with Crippen LogP contribution in [0.25, 0.3) is 0 Å². The predicted molar refractivity (Wildman–Crippen MR) is 79.8 cm³/mol. The highest BCUT2D eigenvalue weighted by atomic mass is 16.5. The van der Waals surface area contributed by atoms with Crippen molar-refractivity contribution >= 4 is 5.91 Å². The summed E-state index contributed by atoms with van der Waals surface area (Å²) in [6, 6.07) is 0. The van der Waals surface area contributed by atoms with Crippen molar-refractivity contribution in [1.82, 2.24) is 15.1 Å². The van der Waals surface area contributed by atoms with Crippen molar-refractivity contribution < 1.29 is 9.53 Å². The molecule has 2 fully saturated rings. The average Bonchev–Trinajstić information content (AvgIpc) is 2.40. The van der Waals surface area contributed by atoms with Gasteiger partial charge in [-0.05, 0) is 45.7 Å². The number of carbonyl (C=O) groups excluding carboxylic acids is 1. The lowest BCUT2D eigenvalue weighted by Crippen LogP contribution is -2.53. The Kier molecular flexibility index (Phi) is 5.81. The molecule has 1 heterocycles. The van der Waals surface area contributed by atoms with Crippen molar-refractivity contribution in [2.75, 3.05) is 53.4 Å². The molecule has 0 bridgehead atoms. The normalized spacial score (nSPS) is 23.3. The maximum Gasteiger partial charge on any atom is 0.252 e. The second kappa shape index (κ2) is 7.38. The molecule has 2 rings (SSSR count). The van der Waals surface area contributed by atoms with E-state index < -0.39 is 5.60 Å². The first-order chi connectivity index (χ1) is 9.66. The summed E-state index contributed by atoms with van der Waals surface area (Å²) in [7, 11) is 3.82. The van der Waals surface area contributed by atoms with Gasteiger partial charge in [0.25, 0.3) is 5.91 Å². The van der Waals surface area contributed by atoms with Crippen molar-refractivity contribution in [1.29, 1.82) is 0 Å². The zero-order valence-electron chi connectivity index (χ0n) is 13.0. The van der Waals surface area contributed by atoms with Crippen molar-refractivity contribution in [2.24, 2.45) is 0 Å². The van der Waals surface area contributed by atoms with E-state index in [4.69, 9.17) is 4.74 Å². The maximum absolute atomic E-state index is 12.0. The molecule has 5 nitrogen and oxygen atoms in total. The zero-order chi connectivity index (χ0) is 14.4. The van der Waals surface area contributed by atoms with Gasteiger partial charge in [-0.1, -0.05) is 0 Å². The van der Waals surface area contributed by atoms with Crippen LogP contribution in [0, 0.1) is 0 Å². The molecule has 0 spiro atoms. The minimum Gasteiger partial charge on any atom is -0.368 e. The molecule has 0 aromatic heterocycles. The number of carbonyl (C=O) groups is 1. The van der Waals surface area contributed by atoms with Gasteiger partial charge in [-0.3, -0.25) is 4.79 Å². The molecule has 1 saturated carbocycles. The van der Waals surface area contributed by atoms with Crippen LogP contribution in [0.15, 0.2) is 0 Å². The first-order valence-corrected chi connectivity index (χ1v) is 7.91. The van der Waals surface area contributed by atoms with Crippen LogP contribution in [0.2, 0.25) is 0 Å². The first-order valence-electron chi connectivity index (χ1n) is 7.91. The second-order valence-electron chi connectivity index (χ2n) is 6.16. The third-order valence-electron chi connectivity index (χ3n) is 4.75. The molecular formula is C15H29N3O2. The van der Waals surface area contributed by atoms with Crippen LogP contribution in [-0.2, 0) is 9.53 Å². The quantitative estimate of drug-likeness (QED) is 0.699. The Morgan fingerprint density at radius 2 is 1.90 bits per heavy atom. The molecule has 5 heteroatoms. The molecule has 2 aliphatic rings. The van der Waals surface area contributed by atoms with E-state index >= 15 is 0 Å². The first kappa shape index (κ1) is 15.7. The summed E-state index contributed by atoms with van der Waals surface area (Å²) in [6.07, 6.45) is 5.06. The number of unbranched alkanes of at least 4 members (excludes halogenated alkanes) is 1. The molecule has 20 heavy (non-hydrogen) atoms. The molecule has 0 atom stereocenters. The lowest BCUT2D eigenvalue weighted by Gasteiger charge is -2.38. The summed E-state index contributed by atoms with van der Waals surface area (Å²) < 4.78 is 5.37. The van der Waals surface area contributed by atoms with E-state index in [1.54, 1.807) is 7.11 Å². The Morgan fingerprint density at radius 3 is 2.45 bits per heavy atom. The number of likely N-dealkylation sites (N-methyl/N-ethyl adjacent to an activating group) is 1. The lowest BCUT2D eigenvalue weighted by atomic mass is 9.79. The fraction of sp³-hybridized carbons (Fsp3) is 0.933. The van der Waals surface area contributed by atoms with Crippen LogP contribution in [0.4, 0.5) is 0 Å².